The molecule has 3 saturated heterocycles. The fraction of sp³-hybridized carbons (Fsp3) is 1.00. The zero-order valence-corrected chi connectivity index (χ0v) is 22.8. The monoisotopic (exact) mass is 623 g/mol. The highest BCUT2D eigenvalue weighted by Gasteiger charge is 2.53. The molecule has 3 aliphatic rings. The summed E-state index contributed by atoms with van der Waals surface area (Å²) in [5.41, 5.74) is 11.7. The second-order valence-electron chi connectivity index (χ2n) is 10.1. The lowest BCUT2D eigenvalue weighted by molar-refractivity contribution is -0.350. The predicted octanol–water partition coefficient (Wildman–Crippen LogP) is -7.42. The minimum atomic E-state index is -4.76. The smallest absolute Gasteiger partial charge is 0.281 e. The first-order valence-electron chi connectivity index (χ1n) is 12.9. The van der Waals surface area contributed by atoms with E-state index >= 15 is 0 Å². The molecule has 0 radical (unpaired) electrons. The summed E-state index contributed by atoms with van der Waals surface area (Å²) in [5, 5.41) is 82.3. The molecule has 14 N–H and O–H groups in total. The summed E-state index contributed by atoms with van der Waals surface area (Å²) in [6.45, 7) is -0.946. The van der Waals surface area contributed by atoms with Crippen LogP contribution in [0.4, 0.5) is 0 Å². The lowest BCUT2D eigenvalue weighted by Gasteiger charge is -2.49. The van der Waals surface area contributed by atoms with Gasteiger partial charge in [0.25, 0.3) is 10.1 Å². The van der Waals surface area contributed by atoms with Gasteiger partial charge < -0.3 is 76.0 Å². The Hall–Kier alpha value is -0.730. The number of hydrogen-bond donors (Lipinski definition) is 12. The maximum atomic E-state index is 12.0. The van der Waals surface area contributed by atoms with Crippen LogP contribution in [0.1, 0.15) is 13.3 Å². The summed E-state index contributed by atoms with van der Waals surface area (Å²) >= 11 is 0. The van der Waals surface area contributed by atoms with Crippen molar-refractivity contribution >= 4 is 10.1 Å². The molecule has 0 aromatic rings. The number of nitrogens with one attached hydrogen (secondary N) is 1. The number of aliphatic hydroxyl groups excluding tert-OH is 8. The molecular formula is C21H41N3O16S. The van der Waals surface area contributed by atoms with Gasteiger partial charge in [-0.15, -0.1) is 0 Å². The molecule has 242 valence electrons. The zero-order valence-electron chi connectivity index (χ0n) is 22.0. The van der Waals surface area contributed by atoms with E-state index in [0.717, 1.165) is 0 Å². The molecule has 3 heterocycles. The van der Waals surface area contributed by atoms with Crippen molar-refractivity contribution in [1.29, 1.82) is 0 Å². The molecular weight excluding hydrogens is 582 g/mol. The van der Waals surface area contributed by atoms with E-state index in [-0.39, 0.29) is 6.42 Å². The minimum absolute atomic E-state index is 0.214. The molecule has 3 rings (SSSR count). The third-order valence-corrected chi connectivity index (χ3v) is 8.58. The Bertz CT molecular complexity index is 932. The van der Waals surface area contributed by atoms with Crippen LogP contribution in [-0.2, 0) is 33.8 Å². The van der Waals surface area contributed by atoms with E-state index < -0.39 is 127 Å². The van der Waals surface area contributed by atoms with Crippen molar-refractivity contribution in [3.05, 3.63) is 0 Å². The maximum absolute atomic E-state index is 12.0. The molecule has 3 fully saturated rings. The third kappa shape index (κ3) is 7.50. The summed E-state index contributed by atoms with van der Waals surface area (Å²) in [7, 11) is -4.76. The minimum Gasteiger partial charge on any atom is -0.394 e. The number of aliphatic hydroxyl groups is 8. The SMILES string of the molecule is CCC(N[C@H]1[C@H](OC2[C@@H](CO)O[C@@H](O)[C@H](N)[C@H]2O)O[C@H](CO)C(O[C@@H]2O[C@H](CO)[C@@H](O)[C@H](O)[C@H]2N)[C@@H]1O)S(=O)(=O)O. The van der Waals surface area contributed by atoms with Gasteiger partial charge in [0, 0.05) is 0 Å². The standard InChI is InChI=1S/C21H41N3O16S/c1-2-9(41(33,34)35)24-12-16(31)18(39-20-11(23)14(29)13(28)6(3-25)37-20)8(5-27)38-21(12)40-17-7(4-26)36-19(32)10(22)15(17)30/h6-21,24-32H,2-5,22-23H2,1H3,(H,33,34,35)/t6-,7-,8-,9?,10-,11-,12-,13-,14-,15-,16-,17?,18?,19-,20+,21+/m1/s1. The van der Waals surface area contributed by atoms with Crippen LogP contribution in [0.2, 0.25) is 0 Å². The van der Waals surface area contributed by atoms with Crippen molar-refractivity contribution in [2.24, 2.45) is 11.5 Å². The average Bonchev–Trinajstić information content (AvgIpc) is 2.93. The van der Waals surface area contributed by atoms with Gasteiger partial charge in [0.1, 0.15) is 60.3 Å². The van der Waals surface area contributed by atoms with Crippen LogP contribution in [-0.4, -0.2) is 171 Å². The normalized spacial score (nSPS) is 46.8. The van der Waals surface area contributed by atoms with Gasteiger partial charge in [0.05, 0.1) is 37.9 Å². The highest BCUT2D eigenvalue weighted by molar-refractivity contribution is 7.86. The van der Waals surface area contributed by atoms with Crippen molar-refractivity contribution in [3.63, 3.8) is 0 Å². The lowest BCUT2D eigenvalue weighted by atomic mass is 9.94. The van der Waals surface area contributed by atoms with Crippen LogP contribution in [0.5, 0.6) is 0 Å². The fourth-order valence-corrected chi connectivity index (χ4v) is 5.71. The highest BCUT2D eigenvalue weighted by Crippen LogP contribution is 2.32. The van der Waals surface area contributed by atoms with Gasteiger partial charge in [-0.3, -0.25) is 9.87 Å². The van der Waals surface area contributed by atoms with Crippen molar-refractivity contribution in [3.8, 4) is 0 Å². The first-order chi connectivity index (χ1) is 19.2. The van der Waals surface area contributed by atoms with E-state index in [2.05, 4.69) is 5.32 Å². The van der Waals surface area contributed by atoms with E-state index in [0.29, 0.717) is 0 Å². The van der Waals surface area contributed by atoms with Gasteiger partial charge in [-0.2, -0.15) is 8.42 Å². The van der Waals surface area contributed by atoms with Crippen LogP contribution in [0.15, 0.2) is 0 Å². The van der Waals surface area contributed by atoms with Gasteiger partial charge in [-0.25, -0.2) is 0 Å². The third-order valence-electron chi connectivity index (χ3n) is 7.39. The molecule has 0 amide bonds. The molecule has 20 heteroatoms. The van der Waals surface area contributed by atoms with Crippen molar-refractivity contribution < 1.29 is 77.5 Å². The Morgan fingerprint density at radius 3 is 1.80 bits per heavy atom. The zero-order chi connectivity index (χ0) is 30.8. The Morgan fingerprint density at radius 1 is 0.756 bits per heavy atom. The summed E-state index contributed by atoms with van der Waals surface area (Å²) in [6, 6.07) is -4.42. The Labute approximate surface area is 235 Å². The number of hydrogen-bond acceptors (Lipinski definition) is 18. The van der Waals surface area contributed by atoms with E-state index in [4.69, 9.17) is 35.2 Å². The molecule has 0 aromatic carbocycles. The Balaban J connectivity index is 1.93. The first-order valence-corrected chi connectivity index (χ1v) is 14.4. The predicted molar refractivity (Wildman–Crippen MR) is 132 cm³/mol. The molecule has 0 saturated carbocycles. The molecule has 0 aliphatic carbocycles. The van der Waals surface area contributed by atoms with Crippen molar-refractivity contribution in [2.45, 2.75) is 111 Å². The van der Waals surface area contributed by atoms with Gasteiger partial charge >= 0.3 is 0 Å². The summed E-state index contributed by atoms with van der Waals surface area (Å²) in [4.78, 5) is 0. The van der Waals surface area contributed by atoms with Crippen LogP contribution >= 0.6 is 0 Å². The quantitative estimate of drug-likeness (QED) is 0.0950. The summed E-state index contributed by atoms with van der Waals surface area (Å²) in [5.74, 6) is 0. The Morgan fingerprint density at radius 2 is 1.27 bits per heavy atom. The second-order valence-corrected chi connectivity index (χ2v) is 11.7. The van der Waals surface area contributed by atoms with Gasteiger partial charge in [-0.1, -0.05) is 6.92 Å². The highest BCUT2D eigenvalue weighted by atomic mass is 32.2. The lowest BCUT2D eigenvalue weighted by Crippen LogP contribution is -2.70. The Kier molecular flexibility index (Phi) is 12.2. The largest absolute Gasteiger partial charge is 0.394 e. The van der Waals surface area contributed by atoms with Crippen molar-refractivity contribution in [2.75, 3.05) is 19.8 Å². The molecule has 3 unspecified atom stereocenters. The summed E-state index contributed by atoms with van der Waals surface area (Å²) < 4.78 is 61.5. The van der Waals surface area contributed by atoms with E-state index in [1.54, 1.807) is 0 Å². The number of rotatable bonds is 11. The molecule has 0 spiro atoms. The van der Waals surface area contributed by atoms with Crippen LogP contribution in [0.25, 0.3) is 0 Å². The molecule has 19 nitrogen and oxygen atoms in total. The molecule has 16 atom stereocenters. The van der Waals surface area contributed by atoms with Crippen LogP contribution in [0.3, 0.4) is 0 Å². The molecule has 0 bridgehead atoms. The summed E-state index contributed by atoms with van der Waals surface area (Å²) in [6.07, 6.45) is -19.1. The van der Waals surface area contributed by atoms with Crippen LogP contribution < -0.4 is 16.8 Å². The van der Waals surface area contributed by atoms with E-state index in [1.807, 2.05) is 0 Å². The van der Waals surface area contributed by atoms with E-state index in [1.165, 1.54) is 6.92 Å². The topological polar surface area (TPSA) is 326 Å². The molecule has 3 aliphatic heterocycles. The van der Waals surface area contributed by atoms with Gasteiger partial charge in [0.2, 0.25) is 0 Å². The maximum Gasteiger partial charge on any atom is 0.281 e. The number of nitrogens with two attached hydrogens (primary N) is 2. The second kappa shape index (κ2) is 14.4. The number of ether oxygens (including phenoxy) is 5. The first kappa shape index (κ1) is 34.8. The average molecular weight is 624 g/mol. The van der Waals surface area contributed by atoms with Crippen molar-refractivity contribution in [1.82, 2.24) is 5.32 Å². The molecule has 0 aromatic heterocycles. The molecule has 41 heavy (non-hydrogen) atoms. The van der Waals surface area contributed by atoms with Gasteiger partial charge in [0.15, 0.2) is 18.9 Å². The fourth-order valence-electron chi connectivity index (χ4n) is 4.96. The van der Waals surface area contributed by atoms with Crippen LogP contribution in [0, 0.1) is 0 Å². The van der Waals surface area contributed by atoms with E-state index in [9.17, 15) is 53.8 Å². The van der Waals surface area contributed by atoms with Gasteiger partial charge in [-0.05, 0) is 6.42 Å².